The summed E-state index contributed by atoms with van der Waals surface area (Å²) in [5.41, 5.74) is 3.50. The molecular weight excluding hydrogens is 430 g/mol. The number of likely N-dealkylation sites (tertiary alicyclic amines) is 1. The number of carbonyl (C=O) groups excluding carboxylic acids is 1. The van der Waals surface area contributed by atoms with Crippen LogP contribution in [0.5, 0.6) is 17.2 Å². The number of ether oxygens (including phenoxy) is 3. The second-order valence-corrected chi connectivity index (χ2v) is 8.83. The lowest BCUT2D eigenvalue weighted by Gasteiger charge is -2.31. The van der Waals surface area contributed by atoms with Crippen molar-refractivity contribution >= 4 is 16.8 Å². The topological polar surface area (TPSA) is 65.0 Å². The van der Waals surface area contributed by atoms with Gasteiger partial charge in [-0.25, -0.2) is 0 Å². The van der Waals surface area contributed by atoms with Crippen LogP contribution in [0, 0.1) is 5.92 Å². The lowest BCUT2D eigenvalue weighted by atomic mass is 9.95. The minimum Gasteiger partial charge on any atom is -0.497 e. The zero-order chi connectivity index (χ0) is 24.1. The van der Waals surface area contributed by atoms with E-state index in [1.165, 1.54) is 16.5 Å². The first-order chi connectivity index (χ1) is 16.5. The Morgan fingerprint density at radius 2 is 1.85 bits per heavy atom. The van der Waals surface area contributed by atoms with E-state index in [1.54, 1.807) is 14.2 Å². The number of nitrogens with one attached hydrogen (secondary N) is 1. The maximum atomic E-state index is 12.8. The largest absolute Gasteiger partial charge is 0.497 e. The van der Waals surface area contributed by atoms with Gasteiger partial charge in [0, 0.05) is 43.2 Å². The highest BCUT2D eigenvalue weighted by atomic mass is 16.5. The van der Waals surface area contributed by atoms with Crippen molar-refractivity contribution in [2.45, 2.75) is 32.9 Å². The molecule has 1 aliphatic heterocycles. The first kappa shape index (κ1) is 24.0. The van der Waals surface area contributed by atoms with Crippen LogP contribution in [0.4, 0.5) is 0 Å². The molecule has 0 bridgehead atoms. The zero-order valence-electron chi connectivity index (χ0n) is 20.6. The Hall–Kier alpha value is -3.19. The van der Waals surface area contributed by atoms with Crippen molar-refractivity contribution in [3.8, 4) is 17.2 Å². The molecule has 0 spiro atoms. The average molecular weight is 466 g/mol. The van der Waals surface area contributed by atoms with Crippen molar-refractivity contribution < 1.29 is 19.0 Å². The van der Waals surface area contributed by atoms with E-state index < -0.39 is 0 Å². The van der Waals surface area contributed by atoms with E-state index in [0.717, 1.165) is 49.5 Å². The Kier molecular flexibility index (Phi) is 7.63. The number of amides is 1. The maximum Gasteiger partial charge on any atom is 0.223 e. The van der Waals surface area contributed by atoms with Crippen LogP contribution in [0.3, 0.4) is 0 Å². The molecule has 1 N–H and O–H groups in total. The Bertz CT molecular complexity index is 1130. The van der Waals surface area contributed by atoms with Crippen molar-refractivity contribution in [2.75, 3.05) is 33.9 Å². The van der Waals surface area contributed by atoms with E-state index in [-0.39, 0.29) is 11.8 Å². The molecule has 1 aliphatic rings. The highest BCUT2D eigenvalue weighted by Gasteiger charge is 2.25. The van der Waals surface area contributed by atoms with Gasteiger partial charge in [-0.1, -0.05) is 6.07 Å². The van der Waals surface area contributed by atoms with Gasteiger partial charge in [-0.05, 0) is 74.3 Å². The van der Waals surface area contributed by atoms with Crippen molar-refractivity contribution in [2.24, 2.45) is 13.0 Å². The summed E-state index contributed by atoms with van der Waals surface area (Å²) in [5, 5.41) is 4.33. The van der Waals surface area contributed by atoms with Gasteiger partial charge in [0.1, 0.15) is 5.75 Å². The number of hydrogen-bond acceptors (Lipinski definition) is 5. The monoisotopic (exact) mass is 465 g/mol. The number of aromatic nitrogens is 1. The minimum absolute atomic E-state index is 0.0495. The highest BCUT2D eigenvalue weighted by Crippen LogP contribution is 2.29. The molecule has 34 heavy (non-hydrogen) atoms. The Balaban J connectivity index is 1.30. The Morgan fingerprint density at radius 3 is 2.56 bits per heavy atom. The number of fused-ring (bicyclic) bond motifs is 1. The summed E-state index contributed by atoms with van der Waals surface area (Å²) in [6.45, 7) is 5.72. The van der Waals surface area contributed by atoms with Crippen molar-refractivity contribution in [3.05, 3.63) is 53.7 Å². The summed E-state index contributed by atoms with van der Waals surface area (Å²) in [7, 11) is 5.41. The summed E-state index contributed by atoms with van der Waals surface area (Å²) >= 11 is 0. The van der Waals surface area contributed by atoms with Crippen LogP contribution in [0.2, 0.25) is 0 Å². The van der Waals surface area contributed by atoms with Crippen LogP contribution >= 0.6 is 0 Å². The summed E-state index contributed by atoms with van der Waals surface area (Å²) in [4.78, 5) is 15.2. The Morgan fingerprint density at radius 1 is 1.06 bits per heavy atom. The molecular formula is C27H35N3O4. The van der Waals surface area contributed by atoms with Gasteiger partial charge in [0.2, 0.25) is 5.91 Å². The molecule has 0 saturated carbocycles. The number of aryl methyl sites for hydroxylation is 1. The Labute approximate surface area is 201 Å². The van der Waals surface area contributed by atoms with Gasteiger partial charge in [0.05, 0.1) is 20.8 Å². The standard InChI is InChI=1S/C27H35N3O4/c1-5-34-25-9-6-19(14-26(25)33-4)16-28-27(31)20-10-12-30(13-11-20)18-21-17-29(2)24-8-7-22(32-3)15-23(21)24/h6-9,14-15,17,20H,5,10-13,16,18H2,1-4H3,(H,28,31). The number of methoxy groups -OCH3 is 2. The van der Waals surface area contributed by atoms with E-state index >= 15 is 0 Å². The zero-order valence-corrected chi connectivity index (χ0v) is 20.6. The third-order valence-electron chi connectivity index (χ3n) is 6.63. The van der Waals surface area contributed by atoms with Gasteiger partial charge < -0.3 is 24.1 Å². The van der Waals surface area contributed by atoms with Gasteiger partial charge in [-0.15, -0.1) is 0 Å². The summed E-state index contributed by atoms with van der Waals surface area (Å²) < 4.78 is 18.6. The van der Waals surface area contributed by atoms with Crippen LogP contribution in [-0.4, -0.2) is 49.3 Å². The number of hydrogen-bond donors (Lipinski definition) is 1. The molecule has 182 valence electrons. The second-order valence-electron chi connectivity index (χ2n) is 8.83. The molecule has 4 rings (SSSR count). The molecule has 1 amide bonds. The molecule has 1 aromatic heterocycles. The summed E-state index contributed by atoms with van der Waals surface area (Å²) in [6, 6.07) is 12.0. The molecule has 1 fully saturated rings. The van der Waals surface area contributed by atoms with Crippen LogP contribution in [0.15, 0.2) is 42.6 Å². The predicted octanol–water partition coefficient (Wildman–Crippen LogP) is 4.12. The van der Waals surface area contributed by atoms with Gasteiger partial charge in [0.15, 0.2) is 11.5 Å². The molecule has 0 radical (unpaired) electrons. The van der Waals surface area contributed by atoms with Crippen LogP contribution in [0.1, 0.15) is 30.9 Å². The highest BCUT2D eigenvalue weighted by molar-refractivity contribution is 5.85. The van der Waals surface area contributed by atoms with Crippen LogP contribution in [-0.2, 0) is 24.9 Å². The summed E-state index contributed by atoms with van der Waals surface area (Å²) in [6.07, 6.45) is 3.94. The molecule has 2 aromatic carbocycles. The first-order valence-corrected chi connectivity index (χ1v) is 11.9. The fourth-order valence-electron chi connectivity index (χ4n) is 4.73. The fourth-order valence-corrected chi connectivity index (χ4v) is 4.73. The number of nitrogens with zero attached hydrogens (tertiary/aromatic N) is 2. The SMILES string of the molecule is CCOc1ccc(CNC(=O)C2CCN(Cc3cn(C)c4ccc(OC)cc34)CC2)cc1OC. The molecule has 3 aromatic rings. The molecule has 0 aliphatic carbocycles. The maximum absolute atomic E-state index is 12.8. The lowest BCUT2D eigenvalue weighted by molar-refractivity contribution is -0.126. The van der Waals surface area contributed by atoms with Gasteiger partial charge in [-0.2, -0.15) is 0 Å². The van der Waals surface area contributed by atoms with Crippen LogP contribution < -0.4 is 19.5 Å². The average Bonchev–Trinajstić information content (AvgIpc) is 3.17. The van der Waals surface area contributed by atoms with E-state index in [1.807, 2.05) is 31.2 Å². The van der Waals surface area contributed by atoms with E-state index in [2.05, 4.69) is 40.2 Å². The van der Waals surface area contributed by atoms with E-state index in [4.69, 9.17) is 14.2 Å². The molecule has 1 saturated heterocycles. The second kappa shape index (κ2) is 10.8. The molecule has 0 unspecified atom stereocenters. The number of rotatable bonds is 9. The van der Waals surface area contributed by atoms with Crippen molar-refractivity contribution in [1.29, 1.82) is 0 Å². The fraction of sp³-hybridized carbons (Fsp3) is 0.444. The van der Waals surface area contributed by atoms with Gasteiger partial charge in [0.25, 0.3) is 0 Å². The van der Waals surface area contributed by atoms with Gasteiger partial charge in [-0.3, -0.25) is 9.69 Å². The number of piperidine rings is 1. The molecule has 0 atom stereocenters. The smallest absolute Gasteiger partial charge is 0.223 e. The predicted molar refractivity (Wildman–Crippen MR) is 133 cm³/mol. The van der Waals surface area contributed by atoms with Crippen molar-refractivity contribution in [3.63, 3.8) is 0 Å². The molecule has 2 heterocycles. The normalized spacial score (nSPS) is 14.8. The van der Waals surface area contributed by atoms with Crippen LogP contribution in [0.25, 0.3) is 10.9 Å². The van der Waals surface area contributed by atoms with Gasteiger partial charge >= 0.3 is 0 Å². The third-order valence-corrected chi connectivity index (χ3v) is 6.63. The summed E-state index contributed by atoms with van der Waals surface area (Å²) in [5.74, 6) is 2.46. The minimum atomic E-state index is 0.0495. The number of carbonyl (C=O) groups is 1. The molecule has 7 nitrogen and oxygen atoms in total. The first-order valence-electron chi connectivity index (χ1n) is 11.9. The molecule has 7 heteroatoms. The van der Waals surface area contributed by atoms with Crippen molar-refractivity contribution in [1.82, 2.24) is 14.8 Å². The van der Waals surface area contributed by atoms with E-state index in [9.17, 15) is 4.79 Å². The van der Waals surface area contributed by atoms with E-state index in [0.29, 0.717) is 18.9 Å². The number of benzene rings is 2. The third kappa shape index (κ3) is 5.30. The lowest BCUT2D eigenvalue weighted by Crippen LogP contribution is -2.40. The quantitative estimate of drug-likeness (QED) is 0.515.